The number of guanidine groups is 1. The molecule has 83 valence electrons. The van der Waals surface area contributed by atoms with Crippen molar-refractivity contribution in [1.29, 1.82) is 5.41 Å². The number of nitrogens with zero attached hydrogens (tertiary/aromatic N) is 1. The number of nitrogens with two attached hydrogens (primary N) is 1. The second kappa shape index (κ2) is 5.33. The van der Waals surface area contributed by atoms with Gasteiger partial charge in [-0.05, 0) is 0 Å². The second-order valence-electron chi connectivity index (χ2n) is 2.30. The van der Waals surface area contributed by atoms with Gasteiger partial charge in [0.15, 0.2) is 5.96 Å². The molecule has 0 saturated heterocycles. The number of hydrogen-bond acceptors (Lipinski definition) is 3. The summed E-state index contributed by atoms with van der Waals surface area (Å²) in [4.78, 5) is 28.1. The van der Waals surface area contributed by atoms with Crippen LogP contribution in [-0.4, -0.2) is 44.6 Å². The predicted octanol–water partition coefficient (Wildman–Crippen LogP) is -1.60. The van der Waals surface area contributed by atoms with Gasteiger partial charge in [-0.1, -0.05) is 0 Å². The minimum Gasteiger partial charge on any atom is -0.479 e. The van der Waals surface area contributed by atoms with Gasteiger partial charge in [-0.15, -0.1) is 0 Å². The molecule has 0 saturated carbocycles. The molecule has 0 aliphatic carbocycles. The maximum Gasteiger partial charge on any atom is 0.359 e. The van der Waals surface area contributed by atoms with E-state index in [0.29, 0.717) is 4.90 Å². The van der Waals surface area contributed by atoms with Gasteiger partial charge in [0.25, 0.3) is 0 Å². The zero-order chi connectivity index (χ0) is 10.8. The normalized spacial score (nSPS) is 12.5. The van der Waals surface area contributed by atoms with Crippen molar-refractivity contribution in [2.24, 2.45) is 5.73 Å². The first-order chi connectivity index (χ1) is 5.68. The van der Waals surface area contributed by atoms with Crippen LogP contribution in [0.1, 0.15) is 0 Å². The summed E-state index contributed by atoms with van der Waals surface area (Å²) >= 11 is 0. The van der Waals surface area contributed by atoms with Crippen LogP contribution in [0, 0.1) is 5.41 Å². The van der Waals surface area contributed by atoms with Crippen LogP contribution in [0.25, 0.3) is 0 Å². The SMILES string of the molecule is CN(C(=N)N)C(C(=O)O)P(=O)(O)O.[Mn]. The van der Waals surface area contributed by atoms with E-state index in [1.807, 2.05) is 0 Å². The van der Waals surface area contributed by atoms with Crippen molar-refractivity contribution in [3.8, 4) is 0 Å². The van der Waals surface area contributed by atoms with Gasteiger partial charge >= 0.3 is 13.6 Å². The first kappa shape index (κ1) is 15.9. The largest absolute Gasteiger partial charge is 0.479 e. The number of aliphatic carboxylic acids is 1. The zero-order valence-electron chi connectivity index (χ0n) is 7.09. The van der Waals surface area contributed by atoms with Crippen molar-refractivity contribution in [2.75, 3.05) is 7.05 Å². The second-order valence-corrected chi connectivity index (χ2v) is 3.96. The molecule has 10 heteroatoms. The molecule has 0 aromatic rings. The number of likely N-dealkylation sites (N-methyl/N-ethyl adjacent to an activating group) is 1. The molecule has 0 aromatic carbocycles. The summed E-state index contributed by atoms with van der Waals surface area (Å²) in [6.07, 6.45) is 0. The fraction of sp³-hybridized carbons (Fsp3) is 0.500. The Morgan fingerprint density at radius 1 is 1.57 bits per heavy atom. The molecule has 0 aliphatic rings. The molecule has 0 fully saturated rings. The van der Waals surface area contributed by atoms with E-state index in [0.717, 1.165) is 7.05 Å². The van der Waals surface area contributed by atoms with Gasteiger partial charge in [-0.3, -0.25) is 9.97 Å². The number of carbonyl (C=O) groups is 1. The molecular weight excluding hydrogens is 256 g/mol. The van der Waals surface area contributed by atoms with Gasteiger partial charge in [0.2, 0.25) is 5.78 Å². The van der Waals surface area contributed by atoms with Crippen molar-refractivity contribution < 1.29 is 41.3 Å². The molecule has 0 rings (SSSR count). The van der Waals surface area contributed by atoms with Gasteiger partial charge < -0.3 is 25.5 Å². The summed E-state index contributed by atoms with van der Waals surface area (Å²) in [5.74, 6) is -4.56. The smallest absolute Gasteiger partial charge is 0.359 e. The van der Waals surface area contributed by atoms with E-state index in [1.54, 1.807) is 0 Å². The maximum absolute atomic E-state index is 10.6. The van der Waals surface area contributed by atoms with Crippen molar-refractivity contribution in [1.82, 2.24) is 4.90 Å². The number of hydrogen-bond donors (Lipinski definition) is 5. The number of carboxylic acid groups (broad SMARTS) is 1. The summed E-state index contributed by atoms with van der Waals surface area (Å²) in [6, 6.07) is 0. The summed E-state index contributed by atoms with van der Waals surface area (Å²) in [5.41, 5.74) is 4.87. The number of carboxylic acids is 1. The van der Waals surface area contributed by atoms with E-state index in [2.05, 4.69) is 0 Å². The molecule has 0 aliphatic heterocycles. The third-order valence-corrected chi connectivity index (χ3v) is 2.49. The minimum atomic E-state index is -4.84. The van der Waals surface area contributed by atoms with Crippen LogP contribution in [-0.2, 0) is 26.4 Å². The Balaban J connectivity index is 0. The molecule has 0 bridgehead atoms. The standard InChI is InChI=1S/C4H10N3O5P.Mn/c1-7(4(5)6)2(3(8)9)13(10,11)12;/h2H,1H3,(H3,5,6)(H,8,9)(H2,10,11,12);. The predicted molar refractivity (Wildman–Crippen MR) is 43.1 cm³/mol. The summed E-state index contributed by atoms with van der Waals surface area (Å²) in [5, 5.41) is 15.2. The van der Waals surface area contributed by atoms with Crippen molar-refractivity contribution in [3.05, 3.63) is 0 Å². The summed E-state index contributed by atoms with van der Waals surface area (Å²) in [6.45, 7) is 0. The molecule has 8 nitrogen and oxygen atoms in total. The minimum absolute atomic E-state index is 0. The van der Waals surface area contributed by atoms with Crippen molar-refractivity contribution in [3.63, 3.8) is 0 Å². The van der Waals surface area contributed by atoms with E-state index < -0.39 is 25.3 Å². The van der Waals surface area contributed by atoms with Gasteiger partial charge in [0.05, 0.1) is 0 Å². The first-order valence-corrected chi connectivity index (χ1v) is 4.71. The van der Waals surface area contributed by atoms with Crippen LogP contribution in [0.5, 0.6) is 0 Å². The fourth-order valence-electron chi connectivity index (χ4n) is 0.667. The van der Waals surface area contributed by atoms with Gasteiger partial charge in [0, 0.05) is 24.1 Å². The Morgan fingerprint density at radius 2 is 1.93 bits per heavy atom. The van der Waals surface area contributed by atoms with Crippen molar-refractivity contribution in [2.45, 2.75) is 5.78 Å². The first-order valence-electron chi connectivity index (χ1n) is 3.02. The van der Waals surface area contributed by atoms with Crippen molar-refractivity contribution >= 4 is 19.5 Å². The van der Waals surface area contributed by atoms with E-state index in [-0.39, 0.29) is 17.1 Å². The number of rotatable bonds is 3. The molecule has 0 heterocycles. The third kappa shape index (κ3) is 4.08. The maximum atomic E-state index is 10.6. The molecule has 0 amide bonds. The van der Waals surface area contributed by atoms with Crippen LogP contribution < -0.4 is 5.73 Å². The van der Waals surface area contributed by atoms with E-state index in [1.165, 1.54) is 0 Å². The van der Waals surface area contributed by atoms with Crippen LogP contribution in [0.15, 0.2) is 0 Å². The van der Waals surface area contributed by atoms with Crippen LogP contribution in [0.2, 0.25) is 0 Å². The van der Waals surface area contributed by atoms with Crippen LogP contribution >= 0.6 is 7.60 Å². The molecule has 6 N–H and O–H groups in total. The average Bonchev–Trinajstić information content (AvgIpc) is 1.82. The van der Waals surface area contributed by atoms with Crippen LogP contribution in [0.3, 0.4) is 0 Å². The average molecular weight is 266 g/mol. The molecule has 1 unspecified atom stereocenters. The Bertz CT molecular complexity index is 278. The molecule has 14 heavy (non-hydrogen) atoms. The molecule has 1 atom stereocenters. The topological polar surface area (TPSA) is 148 Å². The third-order valence-electron chi connectivity index (χ3n) is 1.29. The van der Waals surface area contributed by atoms with Gasteiger partial charge in [0.1, 0.15) is 0 Å². The molecule has 0 spiro atoms. The molecule has 0 aromatic heterocycles. The Kier molecular flexibility index (Phi) is 6.04. The van der Waals surface area contributed by atoms with E-state index in [9.17, 15) is 9.36 Å². The number of nitrogens with one attached hydrogen (secondary N) is 1. The quantitative estimate of drug-likeness (QED) is 0.179. The van der Waals surface area contributed by atoms with E-state index >= 15 is 0 Å². The fourth-order valence-corrected chi connectivity index (χ4v) is 1.53. The summed E-state index contributed by atoms with van der Waals surface area (Å²) < 4.78 is 10.6. The monoisotopic (exact) mass is 266 g/mol. The van der Waals surface area contributed by atoms with Gasteiger partial charge in [-0.2, -0.15) is 0 Å². The van der Waals surface area contributed by atoms with Gasteiger partial charge in [-0.25, -0.2) is 4.79 Å². The molecule has 1 radical (unpaired) electrons. The van der Waals surface area contributed by atoms with Crippen LogP contribution in [0.4, 0.5) is 0 Å². The Hall–Kier alpha value is -0.591. The molecular formula is C4H10MnN3O5P. The Morgan fingerprint density at radius 3 is 2.00 bits per heavy atom. The zero-order valence-corrected chi connectivity index (χ0v) is 9.16. The summed E-state index contributed by atoms with van der Waals surface area (Å²) in [7, 11) is -3.82. The van der Waals surface area contributed by atoms with E-state index in [4.69, 9.17) is 26.0 Å². The Labute approximate surface area is 90.2 Å².